The maximum absolute atomic E-state index is 13.1. The number of fused-ring (bicyclic) bond motifs is 2. The average Bonchev–Trinajstić information content (AvgIpc) is 3.24. The lowest BCUT2D eigenvalue weighted by atomic mass is 9.98. The van der Waals surface area contributed by atoms with E-state index in [0.29, 0.717) is 26.5 Å². The lowest BCUT2D eigenvalue weighted by Gasteiger charge is -2.11. The average molecular weight is 421 g/mol. The second kappa shape index (κ2) is 6.30. The van der Waals surface area contributed by atoms with E-state index in [1.54, 1.807) is 43.4 Å². The Morgan fingerprint density at radius 1 is 1.03 bits per heavy atom. The Kier molecular flexibility index (Phi) is 3.81. The lowest BCUT2D eigenvalue weighted by molar-refractivity contribution is -0.112. The highest BCUT2D eigenvalue weighted by Gasteiger charge is 2.29. The fraction of sp³-hybridized carbons (Fsp3) is 0.0476. The van der Waals surface area contributed by atoms with Gasteiger partial charge in [0.05, 0.1) is 27.7 Å². The molecule has 1 aliphatic heterocycles. The third kappa shape index (κ3) is 2.40. The van der Waals surface area contributed by atoms with Crippen LogP contribution < -0.4 is 21.7 Å². The maximum Gasteiger partial charge on any atom is 0.279 e. The van der Waals surface area contributed by atoms with Gasteiger partial charge < -0.3 is 9.67 Å². The summed E-state index contributed by atoms with van der Waals surface area (Å²) >= 11 is 5.98. The standard InChI is InChI=1S/C21H13ClN4O4/c1-26-13-5-3-2-4-11(13)18(27)16(21(26)30)17-15(20(29)25-24-17)14-10-7-6-9(22)8-12(10)23-19(14)28/h2-8,27H,1H3,(H2,24,25,29). The van der Waals surface area contributed by atoms with Crippen LogP contribution in [0.3, 0.4) is 0 Å². The molecule has 3 N–H and O–H groups in total. The van der Waals surface area contributed by atoms with Gasteiger partial charge in [0.1, 0.15) is 11.3 Å². The molecule has 0 bridgehead atoms. The second-order valence-corrected chi connectivity index (χ2v) is 7.32. The minimum Gasteiger partial charge on any atom is -0.506 e. The smallest absolute Gasteiger partial charge is 0.279 e. The van der Waals surface area contributed by atoms with Crippen LogP contribution in [-0.2, 0) is 11.8 Å². The van der Waals surface area contributed by atoms with E-state index in [9.17, 15) is 19.5 Å². The second-order valence-electron chi connectivity index (χ2n) is 6.89. The van der Waals surface area contributed by atoms with Crippen molar-refractivity contribution in [2.75, 3.05) is 0 Å². The third-order valence-electron chi connectivity index (χ3n) is 5.22. The molecule has 1 aliphatic rings. The largest absolute Gasteiger partial charge is 0.506 e. The molecule has 2 aromatic carbocycles. The maximum atomic E-state index is 13.1. The molecule has 0 spiro atoms. The number of hydrogen-bond acceptors (Lipinski definition) is 4. The molecule has 8 nitrogen and oxygen atoms in total. The van der Waals surface area contributed by atoms with Gasteiger partial charge >= 0.3 is 0 Å². The van der Waals surface area contributed by atoms with Crippen molar-refractivity contribution in [3.8, 4) is 17.0 Å². The summed E-state index contributed by atoms with van der Waals surface area (Å²) in [5.41, 5.74) is -0.732. The number of hydrogen-bond donors (Lipinski definition) is 3. The van der Waals surface area contributed by atoms with Crippen molar-refractivity contribution in [2.24, 2.45) is 12.0 Å². The van der Waals surface area contributed by atoms with Crippen molar-refractivity contribution in [3.05, 3.63) is 84.3 Å². The molecule has 0 atom stereocenters. The summed E-state index contributed by atoms with van der Waals surface area (Å²) in [6.45, 7) is 0. The van der Waals surface area contributed by atoms with Gasteiger partial charge in [0.25, 0.3) is 17.0 Å². The molecular formula is C21H13ClN4O4. The molecule has 0 fully saturated rings. The Morgan fingerprint density at radius 2 is 1.80 bits per heavy atom. The van der Waals surface area contributed by atoms with E-state index >= 15 is 0 Å². The van der Waals surface area contributed by atoms with Crippen LogP contribution in [0.5, 0.6) is 5.75 Å². The first-order valence-electron chi connectivity index (χ1n) is 8.93. The van der Waals surface area contributed by atoms with E-state index in [0.717, 1.165) is 0 Å². The molecule has 148 valence electrons. The van der Waals surface area contributed by atoms with Crippen LogP contribution >= 0.6 is 11.6 Å². The minimum absolute atomic E-state index is 0.0187. The van der Waals surface area contributed by atoms with Gasteiger partial charge in [0, 0.05) is 22.7 Å². The van der Waals surface area contributed by atoms with Gasteiger partial charge in [-0.15, -0.1) is 0 Å². The number of carbonyl (C=O) groups is 1. The van der Waals surface area contributed by atoms with Crippen LogP contribution in [0.2, 0.25) is 5.02 Å². The number of benzene rings is 2. The number of aromatic hydroxyl groups is 1. The van der Waals surface area contributed by atoms with E-state index in [1.165, 1.54) is 10.6 Å². The number of nitrogens with zero attached hydrogens (tertiary/aromatic N) is 2. The molecule has 0 radical (unpaired) electrons. The van der Waals surface area contributed by atoms with Crippen LogP contribution in [0.1, 0.15) is 5.56 Å². The normalized spacial score (nSPS) is 13.0. The van der Waals surface area contributed by atoms with Gasteiger partial charge in [-0.25, -0.2) is 4.99 Å². The molecule has 2 aromatic heterocycles. The number of rotatable bonds is 2. The number of amides is 1. The van der Waals surface area contributed by atoms with E-state index < -0.39 is 17.0 Å². The van der Waals surface area contributed by atoms with Gasteiger partial charge in [0.2, 0.25) is 0 Å². The van der Waals surface area contributed by atoms with Crippen molar-refractivity contribution < 1.29 is 9.90 Å². The Hall–Kier alpha value is -3.91. The molecule has 5 rings (SSSR count). The molecule has 0 aliphatic carbocycles. The molecule has 30 heavy (non-hydrogen) atoms. The number of halogens is 1. The summed E-state index contributed by atoms with van der Waals surface area (Å²) in [6.07, 6.45) is 0. The van der Waals surface area contributed by atoms with E-state index in [2.05, 4.69) is 15.2 Å². The van der Waals surface area contributed by atoms with Gasteiger partial charge in [0.15, 0.2) is 0 Å². The highest BCUT2D eigenvalue weighted by Crippen LogP contribution is 2.34. The van der Waals surface area contributed by atoms with E-state index in [4.69, 9.17) is 11.6 Å². The number of nitrogens with one attached hydrogen (secondary N) is 2. The monoisotopic (exact) mass is 420 g/mol. The molecule has 9 heteroatoms. The Labute approximate surface area is 172 Å². The first kappa shape index (κ1) is 18.1. The molecule has 0 saturated heterocycles. The number of aromatic nitrogens is 3. The summed E-state index contributed by atoms with van der Waals surface area (Å²) in [5.74, 6) is -0.916. The zero-order valence-corrected chi connectivity index (χ0v) is 16.2. The van der Waals surface area contributed by atoms with Crippen molar-refractivity contribution >= 4 is 34.0 Å². The quantitative estimate of drug-likeness (QED) is 0.447. The zero-order chi connectivity index (χ0) is 21.2. The molecule has 1 amide bonds. The third-order valence-corrected chi connectivity index (χ3v) is 5.45. The molecule has 4 aromatic rings. The fourth-order valence-corrected chi connectivity index (χ4v) is 3.99. The lowest BCUT2D eigenvalue weighted by Crippen LogP contribution is -2.25. The van der Waals surface area contributed by atoms with Crippen molar-refractivity contribution in [1.82, 2.24) is 14.8 Å². The predicted molar refractivity (Wildman–Crippen MR) is 111 cm³/mol. The molecular weight excluding hydrogens is 408 g/mol. The Balaban J connectivity index is 1.91. The highest BCUT2D eigenvalue weighted by molar-refractivity contribution is 6.30. The number of para-hydroxylation sites is 1. The highest BCUT2D eigenvalue weighted by atomic mass is 35.5. The summed E-state index contributed by atoms with van der Waals surface area (Å²) in [6, 6.07) is 11.5. The van der Waals surface area contributed by atoms with Crippen LogP contribution in [0.25, 0.3) is 27.7 Å². The van der Waals surface area contributed by atoms with Gasteiger partial charge in [-0.05, 0) is 24.3 Å². The summed E-state index contributed by atoms with van der Waals surface area (Å²) in [5, 5.41) is 17.6. The molecule has 0 saturated carbocycles. The predicted octanol–water partition coefficient (Wildman–Crippen LogP) is 0.940. The van der Waals surface area contributed by atoms with Crippen LogP contribution in [0, 0.1) is 0 Å². The van der Waals surface area contributed by atoms with E-state index in [1.807, 2.05) is 0 Å². The number of aryl methyl sites for hydroxylation is 1. The fourth-order valence-electron chi connectivity index (χ4n) is 3.82. The van der Waals surface area contributed by atoms with Crippen LogP contribution in [0.15, 0.2) is 57.0 Å². The number of carbonyl (C=O) groups excluding carboxylic acids is 1. The van der Waals surface area contributed by atoms with Crippen molar-refractivity contribution in [2.45, 2.75) is 0 Å². The van der Waals surface area contributed by atoms with Gasteiger partial charge in [-0.3, -0.25) is 24.6 Å². The topological polar surface area (TPSA) is 120 Å². The van der Waals surface area contributed by atoms with E-state index in [-0.39, 0.29) is 28.1 Å². The first-order valence-corrected chi connectivity index (χ1v) is 9.31. The van der Waals surface area contributed by atoms with Crippen molar-refractivity contribution in [3.63, 3.8) is 0 Å². The molecule has 3 heterocycles. The number of pyridine rings is 1. The number of H-pyrrole nitrogens is 2. The Morgan fingerprint density at radius 3 is 2.60 bits per heavy atom. The number of aromatic amines is 2. The Bertz CT molecular complexity index is 1640. The van der Waals surface area contributed by atoms with Gasteiger partial charge in [-0.2, -0.15) is 0 Å². The van der Waals surface area contributed by atoms with Crippen LogP contribution in [0.4, 0.5) is 0 Å². The zero-order valence-electron chi connectivity index (χ0n) is 15.5. The summed E-state index contributed by atoms with van der Waals surface area (Å²) in [7, 11) is 1.57. The van der Waals surface area contributed by atoms with Gasteiger partial charge in [-0.1, -0.05) is 29.8 Å². The SMILES string of the molecule is Cn1c(=O)c(-c2[nH][nH]c(=O)c2C2=c3ccc(Cl)cc3=NC2=O)c(O)c2ccccc21. The minimum atomic E-state index is -0.629. The van der Waals surface area contributed by atoms with Crippen molar-refractivity contribution in [1.29, 1.82) is 0 Å². The summed E-state index contributed by atoms with van der Waals surface area (Å²) < 4.78 is 1.37. The first-order chi connectivity index (χ1) is 14.4. The van der Waals surface area contributed by atoms with Crippen LogP contribution in [-0.4, -0.2) is 25.8 Å². The summed E-state index contributed by atoms with van der Waals surface area (Å²) in [4.78, 5) is 42.4. The molecule has 0 unspecified atom stereocenters.